The Hall–Kier alpha value is -1.64. The standard InChI is InChI=1S/C21H26O7.Na/c1-4-10-27-20(14(3)22)16(23)7-5-6-11-26-17-9-8-15-12-18(21(24)25)28-19(15)13(17)2;/h4,8-9,12,16,20,23H,1,5-7,10-11H2,2-3H3,(H,24,25);/q;+1/p-1. The second-order valence-electron chi connectivity index (χ2n) is 6.57. The molecule has 2 rings (SSSR count). The van der Waals surface area contributed by atoms with E-state index < -0.39 is 18.2 Å². The van der Waals surface area contributed by atoms with E-state index in [1.54, 1.807) is 19.1 Å². The van der Waals surface area contributed by atoms with Crippen molar-refractivity contribution in [2.75, 3.05) is 13.2 Å². The molecule has 0 saturated heterocycles. The van der Waals surface area contributed by atoms with E-state index in [-0.39, 0.29) is 47.7 Å². The number of ketones is 1. The van der Waals surface area contributed by atoms with E-state index in [9.17, 15) is 19.8 Å². The van der Waals surface area contributed by atoms with Gasteiger partial charge in [0.15, 0.2) is 11.5 Å². The summed E-state index contributed by atoms with van der Waals surface area (Å²) in [6, 6.07) is 4.91. The van der Waals surface area contributed by atoms with Crippen LogP contribution in [0.5, 0.6) is 5.75 Å². The molecule has 1 aromatic carbocycles. The van der Waals surface area contributed by atoms with E-state index in [1.807, 2.05) is 0 Å². The third kappa shape index (κ3) is 6.97. The number of carbonyl (C=O) groups is 2. The molecule has 0 bridgehead atoms. The molecule has 7 nitrogen and oxygen atoms in total. The predicted octanol–water partition coefficient (Wildman–Crippen LogP) is -0.821. The average molecular weight is 412 g/mol. The van der Waals surface area contributed by atoms with Gasteiger partial charge in [-0.05, 0) is 51.3 Å². The molecule has 0 aliphatic carbocycles. The number of ether oxygens (including phenoxy) is 2. The molecule has 8 heteroatoms. The van der Waals surface area contributed by atoms with Gasteiger partial charge >= 0.3 is 29.6 Å². The summed E-state index contributed by atoms with van der Waals surface area (Å²) in [5.41, 5.74) is 1.16. The molecular weight excluding hydrogens is 387 g/mol. The van der Waals surface area contributed by atoms with Gasteiger partial charge in [0.25, 0.3) is 0 Å². The van der Waals surface area contributed by atoms with Gasteiger partial charge in [-0.25, -0.2) is 0 Å². The van der Waals surface area contributed by atoms with Crippen LogP contribution in [0.3, 0.4) is 0 Å². The van der Waals surface area contributed by atoms with Gasteiger partial charge in [0.1, 0.15) is 23.4 Å². The quantitative estimate of drug-likeness (QED) is 0.276. The topological polar surface area (TPSA) is 109 Å². The molecule has 0 saturated carbocycles. The average Bonchev–Trinajstić information content (AvgIpc) is 3.08. The molecule has 152 valence electrons. The van der Waals surface area contributed by atoms with Crippen LogP contribution in [0.2, 0.25) is 0 Å². The Balaban J connectivity index is 0.00000420. The van der Waals surface area contributed by atoms with Crippen LogP contribution < -0.4 is 39.4 Å². The fourth-order valence-corrected chi connectivity index (χ4v) is 2.94. The van der Waals surface area contributed by atoms with Crippen LogP contribution in [0, 0.1) is 6.92 Å². The van der Waals surface area contributed by atoms with Crippen LogP contribution in [-0.4, -0.2) is 42.3 Å². The second kappa shape index (κ2) is 12.1. The molecule has 2 unspecified atom stereocenters. The van der Waals surface area contributed by atoms with E-state index in [4.69, 9.17) is 13.9 Å². The summed E-state index contributed by atoms with van der Waals surface area (Å²) >= 11 is 0. The number of rotatable bonds is 12. The first kappa shape index (κ1) is 25.4. The van der Waals surface area contributed by atoms with E-state index in [0.717, 1.165) is 0 Å². The van der Waals surface area contributed by atoms with E-state index in [0.29, 0.717) is 48.2 Å². The minimum Gasteiger partial charge on any atom is -0.542 e. The second-order valence-corrected chi connectivity index (χ2v) is 6.57. The third-order valence-corrected chi connectivity index (χ3v) is 4.38. The fourth-order valence-electron chi connectivity index (χ4n) is 2.94. The molecule has 0 aliphatic heterocycles. The van der Waals surface area contributed by atoms with Gasteiger partial charge in [-0.3, -0.25) is 4.79 Å². The largest absolute Gasteiger partial charge is 1.00 e. The first-order chi connectivity index (χ1) is 13.3. The number of aryl methyl sites for hydroxylation is 1. The molecule has 1 aromatic heterocycles. The number of aliphatic hydroxyl groups excluding tert-OH is 1. The Morgan fingerprint density at radius 2 is 2.07 bits per heavy atom. The summed E-state index contributed by atoms with van der Waals surface area (Å²) in [7, 11) is 0. The number of fused-ring (bicyclic) bond motifs is 1. The minimum absolute atomic E-state index is 0. The third-order valence-electron chi connectivity index (χ3n) is 4.38. The van der Waals surface area contributed by atoms with E-state index in [2.05, 4.69) is 6.58 Å². The number of aliphatic hydroxyl groups is 1. The van der Waals surface area contributed by atoms with Crippen LogP contribution in [0.25, 0.3) is 11.0 Å². The maximum Gasteiger partial charge on any atom is 1.00 e. The van der Waals surface area contributed by atoms with Crippen molar-refractivity contribution >= 4 is 22.7 Å². The molecule has 1 N–H and O–H groups in total. The Bertz CT molecular complexity index is 843. The zero-order valence-corrected chi connectivity index (χ0v) is 19.1. The number of Topliss-reactive ketones (excluding diaryl/α,β-unsaturated/α-hetero) is 1. The van der Waals surface area contributed by atoms with Crippen molar-refractivity contribution in [1.29, 1.82) is 0 Å². The number of furan rings is 1. The zero-order valence-electron chi connectivity index (χ0n) is 17.1. The number of aromatic carboxylic acids is 1. The Kier molecular flexibility index (Phi) is 10.6. The van der Waals surface area contributed by atoms with E-state index >= 15 is 0 Å². The molecule has 2 atom stereocenters. The van der Waals surface area contributed by atoms with Gasteiger partial charge in [0.2, 0.25) is 0 Å². The molecule has 0 aliphatic rings. The number of carbonyl (C=O) groups excluding carboxylic acids is 2. The van der Waals surface area contributed by atoms with Crippen molar-refractivity contribution in [3.05, 3.63) is 42.2 Å². The van der Waals surface area contributed by atoms with Gasteiger partial charge in [-0.2, -0.15) is 0 Å². The smallest absolute Gasteiger partial charge is 0.542 e. The van der Waals surface area contributed by atoms with Crippen LogP contribution in [0.15, 0.2) is 35.3 Å². The molecule has 29 heavy (non-hydrogen) atoms. The molecule has 1 heterocycles. The molecule has 0 spiro atoms. The zero-order chi connectivity index (χ0) is 20.7. The maximum atomic E-state index is 11.6. The minimum atomic E-state index is -1.36. The number of hydrogen-bond acceptors (Lipinski definition) is 7. The van der Waals surface area contributed by atoms with Gasteiger partial charge in [0, 0.05) is 10.9 Å². The molecule has 0 amide bonds. The summed E-state index contributed by atoms with van der Waals surface area (Å²) in [6.07, 6.45) is 1.55. The predicted molar refractivity (Wildman–Crippen MR) is 101 cm³/mol. The first-order valence-corrected chi connectivity index (χ1v) is 9.13. The van der Waals surface area contributed by atoms with Crippen LogP contribution in [-0.2, 0) is 9.53 Å². The number of carboxylic acid groups (broad SMARTS) is 1. The number of hydrogen-bond donors (Lipinski definition) is 1. The van der Waals surface area contributed by atoms with Gasteiger partial charge in [0.05, 0.1) is 19.3 Å². The van der Waals surface area contributed by atoms with E-state index in [1.165, 1.54) is 19.1 Å². The van der Waals surface area contributed by atoms with Crippen LogP contribution >= 0.6 is 0 Å². The summed E-state index contributed by atoms with van der Waals surface area (Å²) in [4.78, 5) is 22.5. The number of unbranched alkanes of at least 4 members (excludes halogenated alkanes) is 1. The molecule has 0 fully saturated rings. The van der Waals surface area contributed by atoms with Crippen LogP contribution in [0.4, 0.5) is 0 Å². The van der Waals surface area contributed by atoms with Crippen molar-refractivity contribution < 1.29 is 63.3 Å². The fraction of sp³-hybridized carbons (Fsp3) is 0.429. The van der Waals surface area contributed by atoms with Gasteiger partial charge < -0.3 is 28.9 Å². The maximum absolute atomic E-state index is 11.6. The molecular formula is C21H25NaO7. The monoisotopic (exact) mass is 412 g/mol. The normalized spacial score (nSPS) is 12.8. The summed E-state index contributed by atoms with van der Waals surface area (Å²) in [5, 5.41) is 21.7. The van der Waals surface area contributed by atoms with Crippen molar-refractivity contribution in [2.45, 2.75) is 45.3 Å². The number of carboxylic acids is 1. The van der Waals surface area contributed by atoms with Gasteiger partial charge in [-0.1, -0.05) is 6.08 Å². The first-order valence-electron chi connectivity index (χ1n) is 9.13. The van der Waals surface area contributed by atoms with Crippen molar-refractivity contribution in [3.8, 4) is 5.75 Å². The van der Waals surface area contributed by atoms with Gasteiger partial charge in [-0.15, -0.1) is 6.58 Å². The SMILES string of the molecule is C=CCOC(C(C)=O)C(O)CCCCOc1ccc2cc(C(=O)[O-])oc2c1C.[Na+]. The van der Waals surface area contributed by atoms with Crippen molar-refractivity contribution in [1.82, 2.24) is 0 Å². The van der Waals surface area contributed by atoms with Crippen molar-refractivity contribution in [3.63, 3.8) is 0 Å². The summed E-state index contributed by atoms with van der Waals surface area (Å²) in [6.45, 7) is 7.32. The summed E-state index contributed by atoms with van der Waals surface area (Å²) in [5.74, 6) is -1.20. The Morgan fingerprint density at radius 1 is 1.34 bits per heavy atom. The number of benzene rings is 1. The Labute approximate surface area is 192 Å². The summed E-state index contributed by atoms with van der Waals surface area (Å²) < 4.78 is 16.4. The van der Waals surface area contributed by atoms with Crippen LogP contribution in [0.1, 0.15) is 42.3 Å². The molecule has 0 radical (unpaired) electrons. The Morgan fingerprint density at radius 3 is 2.69 bits per heavy atom. The van der Waals surface area contributed by atoms with Crippen molar-refractivity contribution in [2.24, 2.45) is 0 Å². The molecule has 2 aromatic rings.